The molecule has 2 fully saturated rings. The molecule has 2 aromatic heterocycles. The number of piperidine rings is 1. The Labute approximate surface area is 198 Å². The first-order valence-corrected chi connectivity index (χ1v) is 11.7. The van der Waals surface area contributed by atoms with E-state index in [1.54, 1.807) is 18.6 Å². The van der Waals surface area contributed by atoms with E-state index >= 15 is 0 Å². The number of ether oxygens (including phenoxy) is 1. The Morgan fingerprint density at radius 3 is 2.74 bits per heavy atom. The highest BCUT2D eigenvalue weighted by atomic mass is 16.5. The molecule has 3 aromatic rings. The van der Waals surface area contributed by atoms with Crippen LogP contribution in [0.1, 0.15) is 25.3 Å². The van der Waals surface area contributed by atoms with Crippen LogP contribution in [0.2, 0.25) is 0 Å². The summed E-state index contributed by atoms with van der Waals surface area (Å²) >= 11 is 0. The third-order valence-corrected chi connectivity index (χ3v) is 6.51. The Morgan fingerprint density at radius 1 is 1.09 bits per heavy atom. The summed E-state index contributed by atoms with van der Waals surface area (Å²) < 4.78 is 5.30. The molecule has 9 heteroatoms. The molecule has 34 heavy (non-hydrogen) atoms. The number of benzene rings is 1. The van der Waals surface area contributed by atoms with Crippen LogP contribution in [0.25, 0.3) is 11.2 Å². The molecule has 1 aromatic carbocycles. The second kappa shape index (κ2) is 9.62. The number of nitrogens with one attached hydrogen (secondary N) is 1. The van der Waals surface area contributed by atoms with Gasteiger partial charge in [0.25, 0.3) is 0 Å². The van der Waals surface area contributed by atoms with E-state index in [1.165, 1.54) is 0 Å². The van der Waals surface area contributed by atoms with Crippen LogP contribution in [0.5, 0.6) is 0 Å². The molecule has 1 N–H and O–H groups in total. The monoisotopic (exact) mass is 460 g/mol. The summed E-state index contributed by atoms with van der Waals surface area (Å²) in [6.07, 6.45) is 6.00. The summed E-state index contributed by atoms with van der Waals surface area (Å²) in [6, 6.07) is 10.9. The number of hydrogen-bond acceptors (Lipinski definition) is 7. The van der Waals surface area contributed by atoms with Gasteiger partial charge in [0.1, 0.15) is 18.2 Å². The topological polar surface area (TPSA) is 101 Å². The molecule has 4 heterocycles. The first-order chi connectivity index (χ1) is 16.6. The molecule has 2 aliphatic heterocycles. The van der Waals surface area contributed by atoms with Crippen molar-refractivity contribution in [1.29, 1.82) is 0 Å². The van der Waals surface area contributed by atoms with Gasteiger partial charge in [0.15, 0.2) is 5.65 Å². The van der Waals surface area contributed by atoms with Gasteiger partial charge in [-0.15, -0.1) is 0 Å². The van der Waals surface area contributed by atoms with E-state index in [0.29, 0.717) is 31.1 Å². The lowest BCUT2D eigenvalue weighted by Crippen LogP contribution is -2.53. The number of anilines is 1. The van der Waals surface area contributed by atoms with Crippen molar-refractivity contribution in [1.82, 2.24) is 25.2 Å². The first kappa shape index (κ1) is 22.1. The van der Waals surface area contributed by atoms with Crippen molar-refractivity contribution in [2.24, 2.45) is 5.92 Å². The summed E-state index contributed by atoms with van der Waals surface area (Å²) in [5.41, 5.74) is 3.28. The molecule has 0 unspecified atom stereocenters. The molecule has 5 rings (SSSR count). The molecule has 2 saturated heterocycles. The van der Waals surface area contributed by atoms with Gasteiger partial charge in [-0.05, 0) is 30.4 Å². The van der Waals surface area contributed by atoms with Crippen molar-refractivity contribution in [3.8, 4) is 0 Å². The Kier molecular flexibility index (Phi) is 6.24. The summed E-state index contributed by atoms with van der Waals surface area (Å²) in [5.74, 6) is 0.351. The maximum absolute atomic E-state index is 13.2. The second-order valence-electron chi connectivity index (χ2n) is 9.04. The fourth-order valence-corrected chi connectivity index (χ4v) is 4.97. The van der Waals surface area contributed by atoms with Crippen LogP contribution in [0.15, 0.2) is 55.0 Å². The molecule has 0 radical (unpaired) electrons. The van der Waals surface area contributed by atoms with Gasteiger partial charge in [-0.1, -0.05) is 37.3 Å². The van der Waals surface area contributed by atoms with E-state index in [0.717, 1.165) is 29.7 Å². The van der Waals surface area contributed by atoms with Crippen molar-refractivity contribution in [2.45, 2.75) is 38.5 Å². The van der Waals surface area contributed by atoms with Crippen LogP contribution < -0.4 is 10.2 Å². The van der Waals surface area contributed by atoms with Gasteiger partial charge in [-0.2, -0.15) is 0 Å². The normalized spacial score (nSPS) is 22.7. The molecule has 9 nitrogen and oxygen atoms in total. The number of alkyl carbamates (subject to hydrolysis) is 1. The zero-order valence-corrected chi connectivity index (χ0v) is 19.1. The highest BCUT2D eigenvalue weighted by molar-refractivity contribution is 5.88. The average Bonchev–Trinajstić information content (AvgIpc) is 3.22. The molecule has 0 spiro atoms. The zero-order chi connectivity index (χ0) is 23.5. The van der Waals surface area contributed by atoms with Gasteiger partial charge < -0.3 is 19.9 Å². The van der Waals surface area contributed by atoms with E-state index < -0.39 is 12.1 Å². The predicted octanol–water partition coefficient (Wildman–Crippen LogP) is 2.77. The molecule has 0 aliphatic carbocycles. The third-order valence-electron chi connectivity index (χ3n) is 6.51. The molecule has 2 aliphatic rings. The maximum Gasteiger partial charge on any atom is 0.408 e. The fraction of sp³-hybridized carbons (Fsp3) is 0.400. The largest absolute Gasteiger partial charge is 0.445 e. The number of aromatic nitrogens is 3. The number of fused-ring (bicyclic) bond motifs is 1. The number of hydrogen-bond donors (Lipinski definition) is 1. The van der Waals surface area contributed by atoms with E-state index in [4.69, 9.17) is 4.74 Å². The summed E-state index contributed by atoms with van der Waals surface area (Å²) in [7, 11) is 0. The minimum Gasteiger partial charge on any atom is -0.445 e. The van der Waals surface area contributed by atoms with Crippen molar-refractivity contribution in [3.05, 3.63) is 60.6 Å². The van der Waals surface area contributed by atoms with Crippen molar-refractivity contribution >= 4 is 28.9 Å². The molecular formula is C25H28N6O3. The maximum atomic E-state index is 13.2. The molecule has 0 bridgehead atoms. The minimum absolute atomic E-state index is 0.0462. The molecule has 0 saturated carbocycles. The quantitative estimate of drug-likeness (QED) is 0.625. The van der Waals surface area contributed by atoms with E-state index in [9.17, 15) is 9.59 Å². The van der Waals surface area contributed by atoms with E-state index in [1.807, 2.05) is 41.3 Å². The highest BCUT2D eigenvalue weighted by Crippen LogP contribution is 2.30. The van der Waals surface area contributed by atoms with Crippen molar-refractivity contribution in [2.75, 3.05) is 24.5 Å². The SMILES string of the molecule is C[C@@H]1C[C@@H](N2CC[C@@H](NC(=O)OCc3ccccc3)C2=O)CN(c2ccnc3nccnc23)C1. The van der Waals surface area contributed by atoms with Crippen LogP contribution in [0.3, 0.4) is 0 Å². The summed E-state index contributed by atoms with van der Waals surface area (Å²) in [5, 5.41) is 2.75. The number of rotatable bonds is 5. The lowest BCUT2D eigenvalue weighted by Gasteiger charge is -2.41. The van der Waals surface area contributed by atoms with Crippen molar-refractivity contribution < 1.29 is 14.3 Å². The van der Waals surface area contributed by atoms with Crippen LogP contribution in [0, 0.1) is 5.92 Å². The van der Waals surface area contributed by atoms with Gasteiger partial charge in [-0.25, -0.2) is 19.7 Å². The van der Waals surface area contributed by atoms with Gasteiger partial charge >= 0.3 is 6.09 Å². The number of carbonyl (C=O) groups excluding carboxylic acids is 2. The lowest BCUT2D eigenvalue weighted by molar-refractivity contribution is -0.131. The Hall–Kier alpha value is -3.75. The molecule has 2 amide bonds. The number of carbonyl (C=O) groups is 2. The molecular weight excluding hydrogens is 432 g/mol. The predicted molar refractivity (Wildman–Crippen MR) is 127 cm³/mol. The Bertz CT molecular complexity index is 1170. The zero-order valence-electron chi connectivity index (χ0n) is 19.1. The van der Waals surface area contributed by atoms with E-state index in [2.05, 4.69) is 32.1 Å². The summed E-state index contributed by atoms with van der Waals surface area (Å²) in [6.45, 7) is 4.57. The van der Waals surface area contributed by atoms with Gasteiger partial charge in [-0.3, -0.25) is 4.79 Å². The highest BCUT2D eigenvalue weighted by Gasteiger charge is 2.40. The fourth-order valence-electron chi connectivity index (χ4n) is 4.97. The first-order valence-electron chi connectivity index (χ1n) is 11.7. The van der Waals surface area contributed by atoms with Crippen LogP contribution >= 0.6 is 0 Å². The number of pyridine rings is 1. The Morgan fingerprint density at radius 2 is 1.88 bits per heavy atom. The number of amides is 2. The Balaban J connectivity index is 1.23. The minimum atomic E-state index is -0.565. The average molecular weight is 461 g/mol. The van der Waals surface area contributed by atoms with E-state index in [-0.39, 0.29) is 18.6 Å². The number of nitrogens with zero attached hydrogens (tertiary/aromatic N) is 5. The molecule has 3 atom stereocenters. The van der Waals surface area contributed by atoms with Crippen LogP contribution in [0.4, 0.5) is 10.5 Å². The lowest BCUT2D eigenvalue weighted by atomic mass is 9.94. The smallest absolute Gasteiger partial charge is 0.408 e. The summed E-state index contributed by atoms with van der Waals surface area (Å²) in [4.78, 5) is 42.8. The van der Waals surface area contributed by atoms with Crippen LogP contribution in [-0.2, 0) is 16.1 Å². The standard InChI is InChI=1S/C25H28N6O3/c1-17-13-19(15-30(14-17)21-7-9-27-23-22(21)26-10-11-28-23)31-12-8-20(24(31)32)29-25(33)34-16-18-5-3-2-4-6-18/h2-7,9-11,17,19-20H,8,12-16H2,1H3,(H,29,33)/t17-,19-,20-/m1/s1. The van der Waals surface area contributed by atoms with Crippen molar-refractivity contribution in [3.63, 3.8) is 0 Å². The van der Waals surface area contributed by atoms with Crippen LogP contribution in [-0.4, -0.2) is 63.6 Å². The second-order valence-corrected chi connectivity index (χ2v) is 9.04. The van der Waals surface area contributed by atoms with Gasteiger partial charge in [0, 0.05) is 44.3 Å². The third kappa shape index (κ3) is 4.64. The molecule has 176 valence electrons. The van der Waals surface area contributed by atoms with Gasteiger partial charge in [0.2, 0.25) is 5.91 Å². The van der Waals surface area contributed by atoms with Gasteiger partial charge in [0.05, 0.1) is 5.69 Å². The number of likely N-dealkylation sites (tertiary alicyclic amines) is 1.